The van der Waals surface area contributed by atoms with Crippen LogP contribution in [0.15, 0.2) is 65.3 Å². The molecule has 2 aromatic carbocycles. The van der Waals surface area contributed by atoms with Crippen LogP contribution in [0.3, 0.4) is 0 Å². The van der Waals surface area contributed by atoms with Gasteiger partial charge in [0.05, 0.1) is 0 Å². The summed E-state index contributed by atoms with van der Waals surface area (Å²) in [7, 11) is 0. The highest BCUT2D eigenvalue weighted by atomic mass is 16.2. The van der Waals surface area contributed by atoms with Crippen molar-refractivity contribution in [2.75, 3.05) is 63.0 Å². The van der Waals surface area contributed by atoms with E-state index in [4.69, 9.17) is 11.5 Å². The maximum atomic E-state index is 13.2. The van der Waals surface area contributed by atoms with Crippen LogP contribution in [-0.4, -0.2) is 80.2 Å². The molecule has 2 aliphatic rings. The van der Waals surface area contributed by atoms with Crippen LogP contribution < -0.4 is 22.1 Å². The van der Waals surface area contributed by atoms with Crippen molar-refractivity contribution in [1.29, 1.82) is 0 Å². The third kappa shape index (κ3) is 10.5. The van der Waals surface area contributed by atoms with Gasteiger partial charge in [0.2, 0.25) is 0 Å². The fraction of sp³-hybridized carbons (Fsp3) is 0.457. The first kappa shape index (κ1) is 34.9. The van der Waals surface area contributed by atoms with Crippen molar-refractivity contribution < 1.29 is 9.59 Å². The number of anilines is 2. The third-order valence-corrected chi connectivity index (χ3v) is 7.71. The minimum Gasteiger partial charge on any atom is -0.329 e. The molecular formula is C35H51N7O2. The van der Waals surface area contributed by atoms with Crippen molar-refractivity contribution >= 4 is 29.4 Å². The lowest BCUT2D eigenvalue weighted by molar-refractivity contribution is -0.113. The van der Waals surface area contributed by atoms with Crippen LogP contribution in [0.2, 0.25) is 0 Å². The van der Waals surface area contributed by atoms with Crippen molar-refractivity contribution in [3.05, 3.63) is 82.6 Å². The second kappa shape index (κ2) is 18.2. The SMILES string of the molecule is C=C(/C=C(\N=CC)C(=O)Nc1ccc2c(c1)CCN(CCN)CC2)C(=O)Nc1ccc2c(c1)CCN(CCN)CC2.CCC. The number of carbonyl (C=O) groups is 2. The largest absolute Gasteiger partial charge is 0.329 e. The van der Waals surface area contributed by atoms with Crippen LogP contribution in [0.5, 0.6) is 0 Å². The van der Waals surface area contributed by atoms with Gasteiger partial charge >= 0.3 is 0 Å². The Labute approximate surface area is 263 Å². The second-order valence-electron chi connectivity index (χ2n) is 11.3. The standard InChI is InChI=1S/C32H43N7O2.C3H8/c1-3-35-30(32(41)37-29-7-5-25-9-15-39(19-13-34)17-11-27(25)22-29)20-23(2)31(40)36-28-6-4-24-8-14-38(18-12-33)16-10-26(24)21-28;1-3-2/h3-7,20-22H,2,8-19,33-34H2,1H3,(H,36,40)(H,37,41);3H2,1-2H3/b30-20-,35-3?;. The fourth-order valence-electron chi connectivity index (χ4n) is 5.45. The minimum atomic E-state index is -0.401. The Morgan fingerprint density at radius 2 is 1.23 bits per heavy atom. The average molecular weight is 602 g/mol. The van der Waals surface area contributed by atoms with E-state index in [0.29, 0.717) is 24.5 Å². The first-order chi connectivity index (χ1) is 21.3. The lowest BCUT2D eigenvalue weighted by Crippen LogP contribution is -2.31. The first-order valence-corrected chi connectivity index (χ1v) is 15.9. The van der Waals surface area contributed by atoms with Gasteiger partial charge in [0.15, 0.2) is 0 Å². The maximum Gasteiger partial charge on any atom is 0.274 e. The molecule has 2 aromatic rings. The van der Waals surface area contributed by atoms with Crippen LogP contribution in [0.25, 0.3) is 0 Å². The van der Waals surface area contributed by atoms with Gasteiger partial charge < -0.3 is 31.9 Å². The van der Waals surface area contributed by atoms with Crippen molar-refractivity contribution in [3.63, 3.8) is 0 Å². The molecule has 0 saturated heterocycles. The van der Waals surface area contributed by atoms with Crippen molar-refractivity contribution in [2.45, 2.75) is 52.9 Å². The zero-order chi connectivity index (χ0) is 31.9. The summed E-state index contributed by atoms with van der Waals surface area (Å²) in [5.74, 6) is -0.783. The summed E-state index contributed by atoms with van der Waals surface area (Å²) in [4.78, 5) is 35.1. The molecule has 238 valence electrons. The summed E-state index contributed by atoms with van der Waals surface area (Å²) in [6, 6.07) is 12.0. The van der Waals surface area contributed by atoms with Crippen molar-refractivity contribution in [2.24, 2.45) is 16.5 Å². The highest BCUT2D eigenvalue weighted by Crippen LogP contribution is 2.23. The molecule has 4 rings (SSSR count). The number of benzene rings is 2. The van der Waals surface area contributed by atoms with Gasteiger partial charge in [-0.3, -0.25) is 14.6 Å². The van der Waals surface area contributed by atoms with Crippen LogP contribution in [-0.2, 0) is 35.3 Å². The number of fused-ring (bicyclic) bond motifs is 2. The summed E-state index contributed by atoms with van der Waals surface area (Å²) in [5.41, 5.74) is 18.2. The van der Waals surface area contributed by atoms with Crippen LogP contribution in [0.1, 0.15) is 49.4 Å². The highest BCUT2D eigenvalue weighted by Gasteiger charge is 2.18. The molecule has 0 spiro atoms. The molecule has 0 aliphatic carbocycles. The smallest absolute Gasteiger partial charge is 0.274 e. The van der Waals surface area contributed by atoms with E-state index in [0.717, 1.165) is 65.0 Å². The number of nitrogens with one attached hydrogen (secondary N) is 2. The number of hydrogen-bond donors (Lipinski definition) is 4. The van der Waals surface area contributed by atoms with Crippen LogP contribution >= 0.6 is 0 Å². The number of rotatable bonds is 10. The molecule has 9 heteroatoms. The highest BCUT2D eigenvalue weighted by molar-refractivity contribution is 6.09. The maximum absolute atomic E-state index is 13.2. The van der Waals surface area contributed by atoms with Gasteiger partial charge in [-0.25, -0.2) is 0 Å². The van der Waals surface area contributed by atoms with E-state index in [1.54, 1.807) is 6.92 Å². The molecule has 2 aliphatic heterocycles. The summed E-state index contributed by atoms with van der Waals surface area (Å²) in [5, 5.41) is 5.87. The van der Waals surface area contributed by atoms with E-state index in [1.807, 2.05) is 24.3 Å². The quantitative estimate of drug-likeness (QED) is 0.186. The second-order valence-corrected chi connectivity index (χ2v) is 11.3. The minimum absolute atomic E-state index is 0.110. The number of nitrogens with two attached hydrogens (primary N) is 2. The molecule has 0 saturated carbocycles. The zero-order valence-electron chi connectivity index (χ0n) is 26.8. The van der Waals surface area contributed by atoms with Gasteiger partial charge in [-0.05, 0) is 85.2 Å². The Kier molecular flexibility index (Phi) is 14.5. The van der Waals surface area contributed by atoms with E-state index in [2.05, 4.69) is 58.0 Å². The van der Waals surface area contributed by atoms with E-state index in [-0.39, 0.29) is 17.2 Å². The number of aliphatic imine (C=N–C) groups is 1. The van der Waals surface area contributed by atoms with Gasteiger partial charge in [-0.15, -0.1) is 0 Å². The molecular weight excluding hydrogens is 550 g/mol. The van der Waals surface area contributed by atoms with Gasteiger partial charge in [-0.2, -0.15) is 0 Å². The molecule has 0 aromatic heterocycles. The van der Waals surface area contributed by atoms with Gasteiger partial charge in [0, 0.05) is 75.5 Å². The molecule has 0 atom stereocenters. The Morgan fingerprint density at radius 3 is 1.66 bits per heavy atom. The number of nitrogens with zero attached hydrogens (tertiary/aromatic N) is 3. The Bertz CT molecular complexity index is 1330. The van der Waals surface area contributed by atoms with E-state index >= 15 is 0 Å². The van der Waals surface area contributed by atoms with Crippen LogP contribution in [0, 0.1) is 0 Å². The molecule has 2 heterocycles. The topological polar surface area (TPSA) is 129 Å². The van der Waals surface area contributed by atoms with E-state index < -0.39 is 5.91 Å². The molecule has 0 unspecified atom stereocenters. The Hall–Kier alpha value is -3.63. The Morgan fingerprint density at radius 1 is 0.795 bits per heavy atom. The lowest BCUT2D eigenvalue weighted by atomic mass is 10.0. The zero-order valence-corrected chi connectivity index (χ0v) is 26.8. The Balaban J connectivity index is 0.00000169. The van der Waals surface area contributed by atoms with Gasteiger partial charge in [0.1, 0.15) is 5.70 Å². The predicted octanol–water partition coefficient (Wildman–Crippen LogP) is 3.93. The van der Waals surface area contributed by atoms with Gasteiger partial charge in [0.25, 0.3) is 11.8 Å². The summed E-state index contributed by atoms with van der Waals surface area (Å²) in [6.07, 6.45) is 7.93. The molecule has 2 amide bonds. The summed E-state index contributed by atoms with van der Waals surface area (Å²) >= 11 is 0. The number of carbonyl (C=O) groups excluding carboxylic acids is 2. The van der Waals surface area contributed by atoms with Crippen molar-refractivity contribution in [3.8, 4) is 0 Å². The monoisotopic (exact) mass is 601 g/mol. The predicted molar refractivity (Wildman–Crippen MR) is 183 cm³/mol. The third-order valence-electron chi connectivity index (χ3n) is 7.71. The molecule has 44 heavy (non-hydrogen) atoms. The lowest BCUT2D eigenvalue weighted by Gasteiger charge is -2.17. The number of amides is 2. The van der Waals surface area contributed by atoms with E-state index in [1.165, 1.54) is 41.0 Å². The molecule has 0 fully saturated rings. The first-order valence-electron chi connectivity index (χ1n) is 15.9. The van der Waals surface area contributed by atoms with Crippen molar-refractivity contribution in [1.82, 2.24) is 9.80 Å². The van der Waals surface area contributed by atoms with Gasteiger partial charge in [-0.1, -0.05) is 39.0 Å². The molecule has 0 radical (unpaired) electrons. The normalized spacial score (nSPS) is 15.7. The fourth-order valence-corrected chi connectivity index (χ4v) is 5.45. The molecule has 9 nitrogen and oxygen atoms in total. The summed E-state index contributed by atoms with van der Waals surface area (Å²) in [6.45, 7) is 16.8. The number of hydrogen-bond acceptors (Lipinski definition) is 7. The molecule has 6 N–H and O–H groups in total. The summed E-state index contributed by atoms with van der Waals surface area (Å²) < 4.78 is 0. The average Bonchev–Trinajstić information content (AvgIpc) is 3.33. The van der Waals surface area contributed by atoms with E-state index in [9.17, 15) is 9.59 Å². The molecule has 0 bridgehead atoms. The van der Waals surface area contributed by atoms with Crippen LogP contribution in [0.4, 0.5) is 11.4 Å².